The molecule has 112 valence electrons. The molecule has 2 aliphatic carbocycles. The molecule has 5 nitrogen and oxygen atoms in total. The van der Waals surface area contributed by atoms with Crippen LogP contribution in [0, 0.1) is 11.3 Å². The smallest absolute Gasteiger partial charge is 0.125 e. The van der Waals surface area contributed by atoms with Gasteiger partial charge in [0.1, 0.15) is 23.6 Å². The molecule has 1 aliphatic heterocycles. The third-order valence-corrected chi connectivity index (χ3v) is 3.60. The summed E-state index contributed by atoms with van der Waals surface area (Å²) < 4.78 is 15.5. The van der Waals surface area contributed by atoms with Crippen molar-refractivity contribution >= 4 is 0 Å². The van der Waals surface area contributed by atoms with Crippen LogP contribution in [0.1, 0.15) is 0 Å². The molecule has 3 rings (SSSR count). The lowest BCUT2D eigenvalue weighted by molar-refractivity contribution is 0.0560. The number of morpholine rings is 1. The van der Waals surface area contributed by atoms with E-state index in [4.69, 9.17) is 19.5 Å². The zero-order chi connectivity index (χ0) is 15.2. The SMILES string of the molecule is C=C(C#N)N1CCOCC1.COC1=C2C=CC(=C1)C2OC. The maximum absolute atomic E-state index is 8.46. The highest BCUT2D eigenvalue weighted by atomic mass is 16.5. The number of allylic oxidation sites excluding steroid dienone is 2. The predicted molar refractivity (Wildman–Crippen MR) is 79.2 cm³/mol. The Balaban J connectivity index is 0.000000155. The van der Waals surface area contributed by atoms with Gasteiger partial charge in [-0.05, 0) is 11.6 Å². The number of hydrogen-bond acceptors (Lipinski definition) is 5. The molecule has 3 aliphatic rings. The topological polar surface area (TPSA) is 54.7 Å². The zero-order valence-electron chi connectivity index (χ0n) is 12.5. The lowest BCUT2D eigenvalue weighted by Gasteiger charge is -2.26. The van der Waals surface area contributed by atoms with Crippen LogP contribution in [-0.2, 0) is 14.2 Å². The standard InChI is InChI=1S/C9H10O2.C7H10N2O/c1-10-8-5-6-3-4-7(8)9(6)11-2;1-7(6-8)9-2-4-10-5-3-9/h3-5,9H,1-2H3;1-5H2. The van der Waals surface area contributed by atoms with Crippen LogP contribution in [0.5, 0.6) is 0 Å². The van der Waals surface area contributed by atoms with E-state index in [-0.39, 0.29) is 6.10 Å². The molecular formula is C16H20N2O3. The van der Waals surface area contributed by atoms with Crippen LogP contribution in [-0.4, -0.2) is 51.5 Å². The van der Waals surface area contributed by atoms with Crippen molar-refractivity contribution in [1.29, 1.82) is 5.26 Å². The Bertz CT molecular complexity index is 534. The van der Waals surface area contributed by atoms with E-state index in [0.717, 1.165) is 24.4 Å². The minimum Gasteiger partial charge on any atom is -0.496 e. The average molecular weight is 288 g/mol. The van der Waals surface area contributed by atoms with Gasteiger partial charge in [-0.1, -0.05) is 18.7 Å². The first-order chi connectivity index (χ1) is 10.2. The van der Waals surface area contributed by atoms with Crippen LogP contribution >= 0.6 is 0 Å². The van der Waals surface area contributed by atoms with Gasteiger partial charge < -0.3 is 19.1 Å². The third-order valence-electron chi connectivity index (χ3n) is 3.60. The Hall–Kier alpha value is -2.03. The summed E-state index contributed by atoms with van der Waals surface area (Å²) in [6.45, 7) is 6.62. The summed E-state index contributed by atoms with van der Waals surface area (Å²) in [4.78, 5) is 1.93. The van der Waals surface area contributed by atoms with Gasteiger partial charge in [0.25, 0.3) is 0 Å². The molecule has 1 saturated heterocycles. The van der Waals surface area contributed by atoms with Crippen molar-refractivity contribution in [2.45, 2.75) is 6.10 Å². The van der Waals surface area contributed by atoms with E-state index in [1.807, 2.05) is 23.1 Å². The van der Waals surface area contributed by atoms with Crippen LogP contribution in [0.25, 0.3) is 0 Å². The highest BCUT2D eigenvalue weighted by molar-refractivity contribution is 5.57. The van der Waals surface area contributed by atoms with Crippen molar-refractivity contribution in [3.05, 3.63) is 47.4 Å². The van der Waals surface area contributed by atoms with Crippen molar-refractivity contribution in [3.63, 3.8) is 0 Å². The molecule has 0 aromatic carbocycles. The molecular weight excluding hydrogens is 268 g/mol. The molecule has 0 aromatic heterocycles. The lowest BCUT2D eigenvalue weighted by atomic mass is 10.2. The minimum atomic E-state index is 0.130. The zero-order valence-corrected chi connectivity index (χ0v) is 12.5. The van der Waals surface area contributed by atoms with E-state index in [1.165, 1.54) is 5.57 Å². The van der Waals surface area contributed by atoms with Crippen molar-refractivity contribution in [2.24, 2.45) is 0 Å². The summed E-state index contributed by atoms with van der Waals surface area (Å²) in [5.74, 6) is 0.939. The first-order valence-corrected chi connectivity index (χ1v) is 6.83. The molecule has 1 fully saturated rings. The van der Waals surface area contributed by atoms with Crippen molar-refractivity contribution < 1.29 is 14.2 Å². The van der Waals surface area contributed by atoms with Gasteiger partial charge in [0.15, 0.2) is 0 Å². The highest BCUT2D eigenvalue weighted by Crippen LogP contribution is 2.35. The van der Waals surface area contributed by atoms with Crippen LogP contribution in [0.3, 0.4) is 0 Å². The maximum Gasteiger partial charge on any atom is 0.125 e. The van der Waals surface area contributed by atoms with E-state index in [9.17, 15) is 0 Å². The van der Waals surface area contributed by atoms with E-state index in [1.54, 1.807) is 14.2 Å². The average Bonchev–Trinajstić information content (AvgIpc) is 3.12. The van der Waals surface area contributed by atoms with Crippen molar-refractivity contribution in [2.75, 3.05) is 40.5 Å². The van der Waals surface area contributed by atoms with E-state index in [2.05, 4.69) is 12.7 Å². The van der Waals surface area contributed by atoms with E-state index < -0.39 is 0 Å². The van der Waals surface area contributed by atoms with Crippen LogP contribution < -0.4 is 0 Å². The number of methoxy groups -OCH3 is 2. The fraction of sp³-hybridized carbons (Fsp3) is 0.438. The van der Waals surface area contributed by atoms with Crippen molar-refractivity contribution in [1.82, 2.24) is 4.90 Å². The third kappa shape index (κ3) is 3.35. The lowest BCUT2D eigenvalue weighted by Crippen LogP contribution is -2.34. The Kier molecular flexibility index (Phi) is 5.20. The highest BCUT2D eigenvalue weighted by Gasteiger charge is 2.29. The first-order valence-electron chi connectivity index (χ1n) is 6.83. The van der Waals surface area contributed by atoms with E-state index in [0.29, 0.717) is 18.9 Å². The number of rotatable bonds is 3. The Morgan fingerprint density at radius 3 is 2.57 bits per heavy atom. The Morgan fingerprint density at radius 1 is 1.38 bits per heavy atom. The Morgan fingerprint density at radius 2 is 2.10 bits per heavy atom. The van der Waals surface area contributed by atoms with E-state index >= 15 is 0 Å². The fourth-order valence-electron chi connectivity index (χ4n) is 2.45. The number of fused-ring (bicyclic) bond motifs is 2. The number of nitriles is 1. The molecule has 21 heavy (non-hydrogen) atoms. The summed E-state index contributed by atoms with van der Waals surface area (Å²) in [7, 11) is 3.39. The number of hydrogen-bond donors (Lipinski definition) is 0. The molecule has 1 atom stereocenters. The fourth-order valence-corrected chi connectivity index (χ4v) is 2.45. The molecule has 5 heteroatoms. The Labute approximate surface area is 125 Å². The van der Waals surface area contributed by atoms with Gasteiger partial charge in [0.2, 0.25) is 0 Å². The van der Waals surface area contributed by atoms with Crippen LogP contribution in [0.4, 0.5) is 0 Å². The molecule has 2 bridgehead atoms. The minimum absolute atomic E-state index is 0.130. The summed E-state index contributed by atoms with van der Waals surface area (Å²) in [6, 6.07) is 2.01. The molecule has 0 aromatic rings. The first kappa shape index (κ1) is 15.4. The van der Waals surface area contributed by atoms with Gasteiger partial charge >= 0.3 is 0 Å². The quantitative estimate of drug-likeness (QED) is 0.741. The molecule has 1 heterocycles. The molecule has 1 unspecified atom stereocenters. The van der Waals surface area contributed by atoms with Crippen LogP contribution in [0.2, 0.25) is 0 Å². The number of ether oxygens (including phenoxy) is 3. The summed E-state index contributed by atoms with van der Waals surface area (Å²) in [5.41, 5.74) is 2.88. The second kappa shape index (κ2) is 7.11. The predicted octanol–water partition coefficient (Wildman–Crippen LogP) is 1.77. The molecule has 0 spiro atoms. The van der Waals surface area contributed by atoms with Crippen LogP contribution in [0.15, 0.2) is 47.4 Å². The van der Waals surface area contributed by atoms with Crippen molar-refractivity contribution in [3.8, 4) is 6.07 Å². The summed E-state index contributed by atoms with van der Waals surface area (Å²) >= 11 is 0. The largest absolute Gasteiger partial charge is 0.496 e. The van der Waals surface area contributed by atoms with Gasteiger partial charge in [0, 0.05) is 25.8 Å². The van der Waals surface area contributed by atoms with Gasteiger partial charge in [-0.2, -0.15) is 5.26 Å². The second-order valence-corrected chi connectivity index (χ2v) is 4.78. The molecule has 0 saturated carbocycles. The van der Waals surface area contributed by atoms with Gasteiger partial charge in [-0.3, -0.25) is 0 Å². The maximum atomic E-state index is 8.46. The summed E-state index contributed by atoms with van der Waals surface area (Å²) in [5, 5.41) is 8.46. The number of nitrogens with zero attached hydrogens (tertiary/aromatic N) is 2. The molecule has 0 radical (unpaired) electrons. The molecule has 0 N–H and O–H groups in total. The van der Waals surface area contributed by atoms with Gasteiger partial charge in [0.05, 0.1) is 20.3 Å². The second-order valence-electron chi connectivity index (χ2n) is 4.78. The van der Waals surface area contributed by atoms with Gasteiger partial charge in [-0.25, -0.2) is 0 Å². The normalized spacial score (nSPS) is 22.4. The van der Waals surface area contributed by atoms with Gasteiger partial charge in [-0.15, -0.1) is 0 Å². The summed E-state index contributed by atoms with van der Waals surface area (Å²) in [6.07, 6.45) is 6.25. The monoisotopic (exact) mass is 288 g/mol. The molecule has 0 amide bonds.